The van der Waals surface area contributed by atoms with E-state index in [1.54, 1.807) is 0 Å². The molecule has 58 valence electrons. The molecule has 2 N–H and O–H groups in total. The van der Waals surface area contributed by atoms with Gasteiger partial charge >= 0.3 is 0 Å². The summed E-state index contributed by atoms with van der Waals surface area (Å²) in [4.78, 5) is 0. The molecule has 0 spiro atoms. The SMILES string of the molecule is CNC1CCC2CC1CN2. The zero-order chi connectivity index (χ0) is 6.97. The molecule has 2 nitrogen and oxygen atoms in total. The van der Waals surface area contributed by atoms with Gasteiger partial charge in [0.2, 0.25) is 0 Å². The van der Waals surface area contributed by atoms with Crippen LogP contribution in [0.4, 0.5) is 0 Å². The van der Waals surface area contributed by atoms with Gasteiger partial charge in [0.1, 0.15) is 0 Å². The first-order valence-electron chi connectivity index (χ1n) is 4.31. The molecule has 0 amide bonds. The van der Waals surface area contributed by atoms with Crippen LogP contribution in [-0.2, 0) is 0 Å². The number of hydrogen-bond donors (Lipinski definition) is 2. The van der Waals surface area contributed by atoms with E-state index < -0.39 is 0 Å². The summed E-state index contributed by atoms with van der Waals surface area (Å²) >= 11 is 0. The summed E-state index contributed by atoms with van der Waals surface area (Å²) in [5.41, 5.74) is 0. The van der Waals surface area contributed by atoms with E-state index in [1.807, 2.05) is 0 Å². The lowest BCUT2D eigenvalue weighted by Gasteiger charge is -2.27. The van der Waals surface area contributed by atoms with E-state index in [0.29, 0.717) is 0 Å². The topological polar surface area (TPSA) is 24.1 Å². The van der Waals surface area contributed by atoms with Gasteiger partial charge in [-0.2, -0.15) is 0 Å². The van der Waals surface area contributed by atoms with Crippen LogP contribution in [0.25, 0.3) is 0 Å². The minimum absolute atomic E-state index is 0.797. The lowest BCUT2D eigenvalue weighted by molar-refractivity contribution is 0.317. The van der Waals surface area contributed by atoms with Gasteiger partial charge in [0, 0.05) is 12.1 Å². The predicted molar refractivity (Wildman–Crippen MR) is 42.0 cm³/mol. The molecule has 2 heteroatoms. The van der Waals surface area contributed by atoms with Gasteiger partial charge in [-0.15, -0.1) is 0 Å². The Hall–Kier alpha value is -0.0800. The molecule has 1 aliphatic carbocycles. The molecule has 2 fully saturated rings. The van der Waals surface area contributed by atoms with Crippen molar-refractivity contribution in [1.82, 2.24) is 10.6 Å². The van der Waals surface area contributed by atoms with Gasteiger partial charge in [0.05, 0.1) is 0 Å². The highest BCUT2D eigenvalue weighted by Gasteiger charge is 2.34. The zero-order valence-corrected chi connectivity index (χ0v) is 6.56. The molecule has 1 heterocycles. The van der Waals surface area contributed by atoms with E-state index in [2.05, 4.69) is 17.7 Å². The summed E-state index contributed by atoms with van der Waals surface area (Å²) in [5.74, 6) is 0.920. The molecule has 3 unspecified atom stereocenters. The van der Waals surface area contributed by atoms with E-state index in [-0.39, 0.29) is 0 Å². The molecule has 2 rings (SSSR count). The summed E-state index contributed by atoms with van der Waals surface area (Å²) < 4.78 is 0. The first kappa shape index (κ1) is 6.62. The van der Waals surface area contributed by atoms with Crippen molar-refractivity contribution in [1.29, 1.82) is 0 Å². The Labute approximate surface area is 62.4 Å². The minimum Gasteiger partial charge on any atom is -0.317 e. The van der Waals surface area contributed by atoms with E-state index in [1.165, 1.54) is 25.8 Å². The van der Waals surface area contributed by atoms with Crippen molar-refractivity contribution in [2.24, 2.45) is 5.92 Å². The van der Waals surface area contributed by atoms with Crippen LogP contribution in [0, 0.1) is 5.92 Å². The van der Waals surface area contributed by atoms with E-state index >= 15 is 0 Å². The second kappa shape index (κ2) is 2.51. The van der Waals surface area contributed by atoms with Crippen LogP contribution in [-0.4, -0.2) is 25.7 Å². The highest BCUT2D eigenvalue weighted by molar-refractivity contribution is 4.93. The largest absolute Gasteiger partial charge is 0.317 e. The van der Waals surface area contributed by atoms with Crippen molar-refractivity contribution in [3.8, 4) is 0 Å². The zero-order valence-electron chi connectivity index (χ0n) is 6.56. The van der Waals surface area contributed by atoms with E-state index in [9.17, 15) is 0 Å². The van der Waals surface area contributed by atoms with Crippen LogP contribution in [0.2, 0.25) is 0 Å². The fourth-order valence-corrected chi connectivity index (χ4v) is 2.37. The Bertz CT molecular complexity index is 124. The molecule has 0 aromatic rings. The van der Waals surface area contributed by atoms with Gasteiger partial charge in [-0.25, -0.2) is 0 Å². The average molecular weight is 140 g/mol. The predicted octanol–water partition coefficient (Wildman–Crippen LogP) is 0.346. The van der Waals surface area contributed by atoms with Crippen LogP contribution in [0.15, 0.2) is 0 Å². The third kappa shape index (κ3) is 0.956. The molecule has 0 aromatic heterocycles. The fourth-order valence-electron chi connectivity index (χ4n) is 2.37. The Morgan fingerprint density at radius 2 is 2.30 bits per heavy atom. The number of rotatable bonds is 1. The van der Waals surface area contributed by atoms with Crippen LogP contribution >= 0.6 is 0 Å². The van der Waals surface area contributed by atoms with Crippen molar-refractivity contribution in [3.63, 3.8) is 0 Å². The molecule has 1 saturated carbocycles. The molecule has 1 aliphatic heterocycles. The van der Waals surface area contributed by atoms with Crippen molar-refractivity contribution < 1.29 is 0 Å². The third-order valence-corrected chi connectivity index (χ3v) is 3.02. The van der Waals surface area contributed by atoms with Gasteiger partial charge in [-0.3, -0.25) is 0 Å². The van der Waals surface area contributed by atoms with Crippen molar-refractivity contribution in [2.75, 3.05) is 13.6 Å². The van der Waals surface area contributed by atoms with Crippen LogP contribution in [0.1, 0.15) is 19.3 Å². The maximum Gasteiger partial charge on any atom is 0.0106 e. The highest BCUT2D eigenvalue weighted by atomic mass is 15.0. The molecule has 3 atom stereocenters. The molecular formula is C8H16N2. The Morgan fingerprint density at radius 3 is 3.10 bits per heavy atom. The third-order valence-electron chi connectivity index (χ3n) is 3.02. The van der Waals surface area contributed by atoms with E-state index in [0.717, 1.165) is 18.0 Å². The minimum atomic E-state index is 0.797. The number of nitrogens with one attached hydrogen (secondary N) is 2. The van der Waals surface area contributed by atoms with Gasteiger partial charge in [0.15, 0.2) is 0 Å². The van der Waals surface area contributed by atoms with Crippen molar-refractivity contribution in [2.45, 2.75) is 31.3 Å². The molecule has 2 aliphatic rings. The summed E-state index contributed by atoms with van der Waals surface area (Å²) in [6, 6.07) is 1.65. The van der Waals surface area contributed by atoms with Crippen LogP contribution in [0.3, 0.4) is 0 Å². The Kier molecular flexibility index (Phi) is 1.66. The Morgan fingerprint density at radius 1 is 1.40 bits per heavy atom. The maximum absolute atomic E-state index is 3.54. The molecule has 0 aromatic carbocycles. The van der Waals surface area contributed by atoms with Gasteiger partial charge in [0.25, 0.3) is 0 Å². The van der Waals surface area contributed by atoms with Gasteiger partial charge in [-0.1, -0.05) is 0 Å². The highest BCUT2D eigenvalue weighted by Crippen LogP contribution is 2.28. The first-order chi connectivity index (χ1) is 4.90. The normalized spacial score (nSPS) is 45.9. The summed E-state index contributed by atoms with van der Waals surface area (Å²) in [5, 5.41) is 6.93. The number of fused-ring (bicyclic) bond motifs is 2. The average Bonchev–Trinajstić information content (AvgIpc) is 2.34. The quantitative estimate of drug-likeness (QED) is 0.549. The second-order valence-electron chi connectivity index (χ2n) is 3.57. The van der Waals surface area contributed by atoms with E-state index in [4.69, 9.17) is 0 Å². The molecule has 10 heavy (non-hydrogen) atoms. The lowest BCUT2D eigenvalue weighted by Crippen LogP contribution is -2.36. The molecule has 2 bridgehead atoms. The van der Waals surface area contributed by atoms with Gasteiger partial charge < -0.3 is 10.6 Å². The fraction of sp³-hybridized carbons (Fsp3) is 1.00. The molecule has 0 radical (unpaired) electrons. The summed E-state index contributed by atoms with van der Waals surface area (Å²) in [6.07, 6.45) is 4.16. The maximum atomic E-state index is 3.54. The smallest absolute Gasteiger partial charge is 0.0106 e. The standard InChI is InChI=1S/C8H16N2/c1-9-8-3-2-7-4-6(8)5-10-7/h6-10H,2-5H2,1H3. The van der Waals surface area contributed by atoms with Crippen LogP contribution in [0.5, 0.6) is 0 Å². The van der Waals surface area contributed by atoms with Crippen molar-refractivity contribution in [3.05, 3.63) is 0 Å². The second-order valence-corrected chi connectivity index (χ2v) is 3.57. The number of hydrogen-bond acceptors (Lipinski definition) is 2. The van der Waals surface area contributed by atoms with Gasteiger partial charge in [-0.05, 0) is 38.8 Å². The monoisotopic (exact) mass is 140 g/mol. The first-order valence-corrected chi connectivity index (χ1v) is 4.31. The molecular weight excluding hydrogens is 124 g/mol. The van der Waals surface area contributed by atoms with Crippen LogP contribution < -0.4 is 10.6 Å². The summed E-state index contributed by atoms with van der Waals surface area (Å²) in [6.45, 7) is 1.25. The molecule has 1 saturated heterocycles. The Balaban J connectivity index is 2.00. The lowest BCUT2D eigenvalue weighted by atomic mass is 9.86. The summed E-state index contributed by atoms with van der Waals surface area (Å²) in [7, 11) is 2.09. The van der Waals surface area contributed by atoms with Crippen molar-refractivity contribution >= 4 is 0 Å².